The second kappa shape index (κ2) is 6.33. The number of nitriles is 1. The summed E-state index contributed by atoms with van der Waals surface area (Å²) in [5.41, 5.74) is -6.13. The van der Waals surface area contributed by atoms with Crippen molar-refractivity contribution in [1.29, 1.82) is 5.26 Å². The normalized spacial score (nSPS) is 13.1. The molecule has 0 aliphatic carbocycles. The summed E-state index contributed by atoms with van der Waals surface area (Å²) in [5.74, 6) is -6.03. The molecule has 0 atom stereocenters. The summed E-state index contributed by atoms with van der Waals surface area (Å²) in [7, 11) is 0. The van der Waals surface area contributed by atoms with Gasteiger partial charge in [-0.15, -0.1) is 10.2 Å². The number of pyridine rings is 2. The number of halogens is 8. The van der Waals surface area contributed by atoms with E-state index in [-0.39, 0.29) is 23.3 Å². The topological polar surface area (TPSA) is 92.9 Å². The molecule has 0 amide bonds. The molecule has 15 heteroatoms. The van der Waals surface area contributed by atoms with Crippen LogP contribution in [0.2, 0.25) is 0 Å². The van der Waals surface area contributed by atoms with Gasteiger partial charge in [-0.2, -0.15) is 40.4 Å². The lowest BCUT2D eigenvalue weighted by Gasteiger charge is -2.21. The smallest absolute Gasteiger partial charge is 0.422 e. The Morgan fingerprint density at radius 3 is 2.26 bits per heavy atom. The van der Waals surface area contributed by atoms with Crippen molar-refractivity contribution in [2.75, 3.05) is 0 Å². The van der Waals surface area contributed by atoms with E-state index in [1.54, 1.807) is 6.07 Å². The molecule has 160 valence electrons. The first-order valence-electron chi connectivity index (χ1n) is 7.91. The lowest BCUT2D eigenvalue weighted by Crippen LogP contribution is -2.35. The van der Waals surface area contributed by atoms with E-state index in [0.29, 0.717) is 4.40 Å². The van der Waals surface area contributed by atoms with E-state index in [4.69, 9.17) is 4.42 Å². The molecule has 0 radical (unpaired) electrons. The quantitative estimate of drug-likeness (QED) is 0.420. The Balaban J connectivity index is 2.18. The first-order chi connectivity index (χ1) is 14.4. The Kier molecular flexibility index (Phi) is 4.18. The molecule has 7 nitrogen and oxygen atoms in total. The van der Waals surface area contributed by atoms with Gasteiger partial charge in [0.1, 0.15) is 23.1 Å². The predicted octanol–water partition coefficient (Wildman–Crippen LogP) is 4.48. The first-order valence-corrected chi connectivity index (χ1v) is 7.91. The summed E-state index contributed by atoms with van der Waals surface area (Å²) in [6.07, 6.45) is -10.7. The van der Waals surface area contributed by atoms with Crippen LogP contribution >= 0.6 is 0 Å². The number of nitrogens with zero attached hydrogens (tertiary/aromatic N) is 6. The first kappa shape index (κ1) is 20.4. The fraction of sp³-hybridized carbons (Fsp3) is 0.188. The summed E-state index contributed by atoms with van der Waals surface area (Å²) in [6, 6.07) is 3.01. The number of alkyl halides is 8. The van der Waals surface area contributed by atoms with E-state index in [2.05, 4.69) is 20.2 Å². The van der Waals surface area contributed by atoms with Gasteiger partial charge in [-0.3, -0.25) is 4.40 Å². The van der Waals surface area contributed by atoms with E-state index in [1.165, 1.54) is 0 Å². The van der Waals surface area contributed by atoms with Crippen LogP contribution in [-0.2, 0) is 12.1 Å². The molecule has 0 aliphatic heterocycles. The third-order valence-electron chi connectivity index (χ3n) is 4.20. The van der Waals surface area contributed by atoms with Crippen molar-refractivity contribution >= 4 is 16.7 Å². The van der Waals surface area contributed by atoms with E-state index in [9.17, 15) is 40.4 Å². The summed E-state index contributed by atoms with van der Waals surface area (Å²) < 4.78 is 112. The largest absolute Gasteiger partial charge is 0.459 e. The van der Waals surface area contributed by atoms with Crippen LogP contribution in [0, 0.1) is 11.3 Å². The average molecular weight is 448 g/mol. The second-order valence-corrected chi connectivity index (χ2v) is 6.05. The Morgan fingerprint density at radius 1 is 1.00 bits per heavy atom. The van der Waals surface area contributed by atoms with Crippen LogP contribution < -0.4 is 0 Å². The highest BCUT2D eigenvalue weighted by atomic mass is 19.4. The fourth-order valence-corrected chi connectivity index (χ4v) is 2.87. The summed E-state index contributed by atoms with van der Waals surface area (Å²) >= 11 is 0. The van der Waals surface area contributed by atoms with Gasteiger partial charge in [0.2, 0.25) is 6.39 Å². The Hall–Kier alpha value is -3.83. The van der Waals surface area contributed by atoms with Crippen molar-refractivity contribution in [3.8, 4) is 17.7 Å². The van der Waals surface area contributed by atoms with E-state index < -0.39 is 46.3 Å². The van der Waals surface area contributed by atoms with Gasteiger partial charge < -0.3 is 4.42 Å². The van der Waals surface area contributed by atoms with Crippen molar-refractivity contribution in [2.24, 2.45) is 0 Å². The highest BCUT2D eigenvalue weighted by molar-refractivity contribution is 5.85. The van der Waals surface area contributed by atoms with Gasteiger partial charge in [0.05, 0.1) is 5.56 Å². The highest BCUT2D eigenvalue weighted by Crippen LogP contribution is 2.45. The molecule has 0 saturated carbocycles. The molecule has 0 aromatic carbocycles. The third-order valence-corrected chi connectivity index (χ3v) is 4.20. The monoisotopic (exact) mass is 448 g/mol. The molecule has 0 bridgehead atoms. The standard InChI is InChI=1S/C16H4F8N6O/c17-14(18,16(22,23)24)9-3-7(15(19,20)21)6-1-2-10-28-11(13-29-26-5-31-13)8(4-25)30(10)12(6)27-9/h1-3,5H. The number of hydrogen-bond acceptors (Lipinski definition) is 6. The molecule has 0 fully saturated rings. The van der Waals surface area contributed by atoms with Gasteiger partial charge in [-0.25, -0.2) is 9.97 Å². The molecular weight excluding hydrogens is 444 g/mol. The molecule has 4 aromatic heterocycles. The number of imidazole rings is 1. The van der Waals surface area contributed by atoms with Crippen LogP contribution in [0.3, 0.4) is 0 Å². The maximum absolute atomic E-state index is 13.9. The molecule has 0 unspecified atom stereocenters. The molecule has 0 saturated heterocycles. The van der Waals surface area contributed by atoms with E-state index in [1.807, 2.05) is 0 Å². The van der Waals surface area contributed by atoms with E-state index >= 15 is 0 Å². The van der Waals surface area contributed by atoms with Crippen LogP contribution in [0.4, 0.5) is 35.1 Å². The average Bonchev–Trinajstić information content (AvgIpc) is 3.32. The molecule has 0 aliphatic rings. The Labute approximate surface area is 164 Å². The summed E-state index contributed by atoms with van der Waals surface area (Å²) in [4.78, 5) is 7.08. The fourth-order valence-electron chi connectivity index (χ4n) is 2.87. The van der Waals surface area contributed by atoms with Crippen LogP contribution in [0.1, 0.15) is 17.0 Å². The third kappa shape index (κ3) is 3.02. The Morgan fingerprint density at radius 2 is 1.71 bits per heavy atom. The number of fused-ring (bicyclic) bond motifs is 3. The molecule has 31 heavy (non-hydrogen) atoms. The van der Waals surface area contributed by atoms with Gasteiger partial charge in [0.15, 0.2) is 11.4 Å². The van der Waals surface area contributed by atoms with Gasteiger partial charge in [0, 0.05) is 5.39 Å². The number of aromatic nitrogens is 5. The van der Waals surface area contributed by atoms with Crippen molar-refractivity contribution in [3.63, 3.8) is 0 Å². The van der Waals surface area contributed by atoms with Crippen molar-refractivity contribution in [1.82, 2.24) is 24.6 Å². The highest BCUT2D eigenvalue weighted by Gasteiger charge is 2.60. The lowest BCUT2D eigenvalue weighted by atomic mass is 10.1. The molecule has 0 N–H and O–H groups in total. The van der Waals surface area contributed by atoms with Crippen molar-refractivity contribution in [2.45, 2.75) is 18.3 Å². The van der Waals surface area contributed by atoms with Crippen LogP contribution in [0.15, 0.2) is 29.0 Å². The molecule has 4 heterocycles. The van der Waals surface area contributed by atoms with Crippen LogP contribution in [-0.4, -0.2) is 30.7 Å². The van der Waals surface area contributed by atoms with Gasteiger partial charge in [0.25, 0.3) is 5.89 Å². The maximum Gasteiger partial charge on any atom is 0.459 e. The minimum atomic E-state index is -6.22. The molecule has 4 aromatic rings. The molecule has 4 rings (SSSR count). The zero-order chi connectivity index (χ0) is 22.8. The SMILES string of the molecule is N#Cc1c(-c2nnco2)nc2ccc3c(C(F)(F)F)cc(C(F)(F)C(F)(F)F)nc3n12. The lowest BCUT2D eigenvalue weighted by molar-refractivity contribution is -0.291. The number of hydrogen-bond donors (Lipinski definition) is 0. The van der Waals surface area contributed by atoms with Gasteiger partial charge in [-0.05, 0) is 18.2 Å². The molecular formula is C16H4F8N6O. The van der Waals surface area contributed by atoms with Crippen LogP contribution in [0.25, 0.3) is 28.3 Å². The maximum atomic E-state index is 13.9. The summed E-state index contributed by atoms with van der Waals surface area (Å²) in [5, 5.41) is 15.5. The zero-order valence-electron chi connectivity index (χ0n) is 14.4. The zero-order valence-corrected chi connectivity index (χ0v) is 14.4. The molecule has 0 spiro atoms. The van der Waals surface area contributed by atoms with E-state index in [0.717, 1.165) is 18.5 Å². The van der Waals surface area contributed by atoms with Gasteiger partial charge in [-0.1, -0.05) is 0 Å². The minimum Gasteiger partial charge on any atom is -0.422 e. The predicted molar refractivity (Wildman–Crippen MR) is 83.5 cm³/mol. The summed E-state index contributed by atoms with van der Waals surface area (Å²) in [6.45, 7) is 0. The minimum absolute atomic E-state index is 0.273. The van der Waals surface area contributed by atoms with Gasteiger partial charge >= 0.3 is 18.3 Å². The van der Waals surface area contributed by atoms with Crippen molar-refractivity contribution < 1.29 is 39.5 Å². The van der Waals surface area contributed by atoms with Crippen molar-refractivity contribution in [3.05, 3.63) is 41.5 Å². The second-order valence-electron chi connectivity index (χ2n) is 6.05. The number of rotatable bonds is 2. The van der Waals surface area contributed by atoms with Crippen LogP contribution in [0.5, 0.6) is 0 Å². The Bertz CT molecular complexity index is 1350.